The van der Waals surface area contributed by atoms with E-state index in [2.05, 4.69) is 4.98 Å². The van der Waals surface area contributed by atoms with Crippen LogP contribution in [0.25, 0.3) is 10.8 Å². The Morgan fingerprint density at radius 2 is 1.85 bits per heavy atom. The third kappa shape index (κ3) is 2.52. The number of nitrogens with zero attached hydrogens (tertiary/aromatic N) is 1. The first-order valence-electron chi connectivity index (χ1n) is 6.95. The van der Waals surface area contributed by atoms with Gasteiger partial charge in [-0.2, -0.15) is 0 Å². The number of hydrogen-bond acceptors (Lipinski definition) is 2. The van der Waals surface area contributed by atoms with Gasteiger partial charge in [-0.1, -0.05) is 24.3 Å². The molecule has 1 saturated carbocycles. The molecular weight excluding hydrogens is 260 g/mol. The monoisotopic (exact) mass is 277 g/mol. The summed E-state index contributed by atoms with van der Waals surface area (Å²) in [6, 6.07) is 7.70. The van der Waals surface area contributed by atoms with Gasteiger partial charge in [-0.15, -0.1) is 0 Å². The Bertz CT molecular complexity index is 599. The van der Waals surface area contributed by atoms with Gasteiger partial charge in [0.25, 0.3) is 0 Å². The highest BCUT2D eigenvalue weighted by Crippen LogP contribution is 2.42. The van der Waals surface area contributed by atoms with E-state index in [9.17, 15) is 13.9 Å². The maximum atomic E-state index is 13.2. The molecule has 1 atom stereocenters. The summed E-state index contributed by atoms with van der Waals surface area (Å²) in [5, 5.41) is 12.4. The summed E-state index contributed by atoms with van der Waals surface area (Å²) in [7, 11) is 0. The molecule has 1 aliphatic rings. The van der Waals surface area contributed by atoms with Crippen molar-refractivity contribution in [1.29, 1.82) is 0 Å². The van der Waals surface area contributed by atoms with Crippen molar-refractivity contribution in [2.75, 3.05) is 0 Å². The summed E-state index contributed by atoms with van der Waals surface area (Å²) >= 11 is 0. The van der Waals surface area contributed by atoms with E-state index in [1.165, 1.54) is 0 Å². The van der Waals surface area contributed by atoms with Crippen molar-refractivity contribution in [2.45, 2.75) is 37.7 Å². The van der Waals surface area contributed by atoms with Crippen molar-refractivity contribution in [1.82, 2.24) is 4.98 Å². The smallest absolute Gasteiger partial charge is 0.248 e. The van der Waals surface area contributed by atoms with Crippen LogP contribution in [0, 0.1) is 5.92 Å². The van der Waals surface area contributed by atoms with E-state index in [4.69, 9.17) is 0 Å². The van der Waals surface area contributed by atoms with Gasteiger partial charge in [0.1, 0.15) is 0 Å². The number of aliphatic hydroxyl groups excluding tert-OH is 1. The molecule has 0 amide bonds. The first-order chi connectivity index (χ1) is 9.57. The van der Waals surface area contributed by atoms with Crippen LogP contribution in [0.2, 0.25) is 0 Å². The zero-order chi connectivity index (χ0) is 14.2. The van der Waals surface area contributed by atoms with E-state index in [1.54, 1.807) is 12.4 Å². The number of pyridine rings is 1. The van der Waals surface area contributed by atoms with Gasteiger partial charge in [0.2, 0.25) is 5.92 Å². The Hall–Kier alpha value is -1.55. The predicted octanol–water partition coefficient (Wildman–Crippen LogP) is 4.09. The summed E-state index contributed by atoms with van der Waals surface area (Å²) in [4.78, 5) is 4.15. The van der Waals surface area contributed by atoms with E-state index in [0.717, 1.165) is 16.3 Å². The van der Waals surface area contributed by atoms with Crippen molar-refractivity contribution in [3.8, 4) is 0 Å². The lowest BCUT2D eigenvalue weighted by Gasteiger charge is -2.31. The molecule has 1 heterocycles. The number of aromatic nitrogens is 1. The Morgan fingerprint density at radius 3 is 2.60 bits per heavy atom. The second-order valence-corrected chi connectivity index (χ2v) is 5.59. The number of halogens is 2. The summed E-state index contributed by atoms with van der Waals surface area (Å²) in [5.41, 5.74) is 0.748. The first kappa shape index (κ1) is 13.4. The van der Waals surface area contributed by atoms with Crippen LogP contribution in [0.4, 0.5) is 8.78 Å². The van der Waals surface area contributed by atoms with Crippen LogP contribution in [0.5, 0.6) is 0 Å². The second-order valence-electron chi connectivity index (χ2n) is 5.59. The molecule has 0 radical (unpaired) electrons. The van der Waals surface area contributed by atoms with E-state index in [1.807, 2.05) is 24.3 Å². The van der Waals surface area contributed by atoms with Crippen LogP contribution in [0.1, 0.15) is 37.4 Å². The summed E-state index contributed by atoms with van der Waals surface area (Å²) in [6.45, 7) is 0. The van der Waals surface area contributed by atoms with Gasteiger partial charge in [-0.05, 0) is 24.1 Å². The zero-order valence-corrected chi connectivity index (χ0v) is 11.1. The van der Waals surface area contributed by atoms with Gasteiger partial charge >= 0.3 is 0 Å². The minimum atomic E-state index is -2.56. The molecule has 1 fully saturated rings. The molecular formula is C16H17F2NO. The number of hydrogen-bond donors (Lipinski definition) is 1. The summed E-state index contributed by atoms with van der Waals surface area (Å²) < 4.78 is 26.4. The highest BCUT2D eigenvalue weighted by molar-refractivity contribution is 5.84. The molecule has 20 heavy (non-hydrogen) atoms. The summed E-state index contributed by atoms with van der Waals surface area (Å²) in [6.07, 6.45) is 3.14. The van der Waals surface area contributed by atoms with Crippen molar-refractivity contribution in [2.24, 2.45) is 5.92 Å². The average Bonchev–Trinajstić information content (AvgIpc) is 2.46. The molecule has 1 aromatic heterocycles. The fourth-order valence-electron chi connectivity index (χ4n) is 3.01. The molecule has 3 rings (SSSR count). The van der Waals surface area contributed by atoms with Gasteiger partial charge < -0.3 is 5.11 Å². The van der Waals surface area contributed by atoms with Gasteiger partial charge in [-0.3, -0.25) is 4.98 Å². The van der Waals surface area contributed by atoms with E-state index in [0.29, 0.717) is 12.8 Å². The Labute approximate surface area is 116 Å². The third-order valence-corrected chi connectivity index (χ3v) is 4.23. The first-order valence-corrected chi connectivity index (χ1v) is 6.95. The van der Waals surface area contributed by atoms with Gasteiger partial charge in [0, 0.05) is 36.2 Å². The van der Waals surface area contributed by atoms with Gasteiger partial charge in [0.15, 0.2) is 0 Å². The third-order valence-electron chi connectivity index (χ3n) is 4.23. The Balaban J connectivity index is 1.88. The van der Waals surface area contributed by atoms with Crippen molar-refractivity contribution < 1.29 is 13.9 Å². The van der Waals surface area contributed by atoms with Crippen LogP contribution in [-0.4, -0.2) is 16.0 Å². The van der Waals surface area contributed by atoms with Crippen LogP contribution in [0.3, 0.4) is 0 Å². The second kappa shape index (κ2) is 5.09. The lowest BCUT2D eigenvalue weighted by atomic mass is 9.80. The van der Waals surface area contributed by atoms with E-state index < -0.39 is 12.0 Å². The van der Waals surface area contributed by atoms with Crippen molar-refractivity contribution >= 4 is 10.8 Å². The lowest BCUT2D eigenvalue weighted by Crippen LogP contribution is -2.27. The fraction of sp³-hybridized carbons (Fsp3) is 0.438. The number of fused-ring (bicyclic) bond motifs is 1. The van der Waals surface area contributed by atoms with Gasteiger partial charge in [0.05, 0.1) is 6.10 Å². The topological polar surface area (TPSA) is 33.1 Å². The number of rotatable bonds is 2. The molecule has 1 unspecified atom stereocenters. The van der Waals surface area contributed by atoms with Crippen LogP contribution in [-0.2, 0) is 0 Å². The summed E-state index contributed by atoms with van der Waals surface area (Å²) in [5.74, 6) is -2.67. The number of aliphatic hydroxyl groups is 1. The van der Waals surface area contributed by atoms with Crippen LogP contribution in [0.15, 0.2) is 36.7 Å². The molecule has 1 N–H and O–H groups in total. The van der Waals surface area contributed by atoms with E-state index in [-0.39, 0.29) is 18.8 Å². The molecule has 0 spiro atoms. The Kier molecular flexibility index (Phi) is 3.42. The quantitative estimate of drug-likeness (QED) is 0.896. The molecule has 106 valence electrons. The molecule has 1 aliphatic carbocycles. The number of alkyl halides is 2. The molecule has 0 saturated heterocycles. The van der Waals surface area contributed by atoms with Gasteiger partial charge in [-0.25, -0.2) is 8.78 Å². The standard InChI is InChI=1S/C16H17F2NO/c17-16(18)7-5-11(6-8-16)15(20)14-10-19-9-12-3-1-2-4-13(12)14/h1-4,9-11,15,20H,5-8H2. The van der Waals surface area contributed by atoms with Crippen molar-refractivity contribution in [3.05, 3.63) is 42.2 Å². The van der Waals surface area contributed by atoms with E-state index >= 15 is 0 Å². The zero-order valence-electron chi connectivity index (χ0n) is 11.1. The lowest BCUT2D eigenvalue weighted by molar-refractivity contribution is -0.0625. The normalized spacial score (nSPS) is 20.9. The maximum Gasteiger partial charge on any atom is 0.248 e. The molecule has 0 aliphatic heterocycles. The average molecular weight is 277 g/mol. The van der Waals surface area contributed by atoms with Crippen molar-refractivity contribution in [3.63, 3.8) is 0 Å². The predicted molar refractivity (Wildman–Crippen MR) is 73.6 cm³/mol. The highest BCUT2D eigenvalue weighted by Gasteiger charge is 2.37. The molecule has 2 aromatic rings. The largest absolute Gasteiger partial charge is 0.388 e. The SMILES string of the molecule is OC(c1cncc2ccccc12)C1CCC(F)(F)CC1. The Morgan fingerprint density at radius 1 is 1.15 bits per heavy atom. The molecule has 2 nitrogen and oxygen atoms in total. The minimum Gasteiger partial charge on any atom is -0.388 e. The minimum absolute atomic E-state index is 0.109. The number of benzene rings is 1. The van der Waals surface area contributed by atoms with Crippen LogP contribution < -0.4 is 0 Å². The fourth-order valence-corrected chi connectivity index (χ4v) is 3.01. The molecule has 4 heteroatoms. The maximum absolute atomic E-state index is 13.2. The van der Waals surface area contributed by atoms with Crippen LogP contribution >= 0.6 is 0 Å². The molecule has 0 bridgehead atoms. The highest BCUT2D eigenvalue weighted by atomic mass is 19.3. The molecule has 1 aromatic carbocycles.